The molecule has 33 heavy (non-hydrogen) atoms. The van der Waals surface area contributed by atoms with E-state index in [2.05, 4.69) is 0 Å². The zero-order valence-corrected chi connectivity index (χ0v) is 18.7. The summed E-state index contributed by atoms with van der Waals surface area (Å²) >= 11 is 6.30. The quantitative estimate of drug-likeness (QED) is 0.628. The van der Waals surface area contributed by atoms with Gasteiger partial charge in [-0.2, -0.15) is 0 Å². The Hall–Kier alpha value is -3.38. The minimum atomic E-state index is -0.819. The number of benzene rings is 2. The van der Waals surface area contributed by atoms with Gasteiger partial charge in [0.1, 0.15) is 0 Å². The SMILES string of the molecule is O=C(O)C1CCN(C(=O)c2cc(-c3ccccc3)c(=O)n3c2-c2cc(Cl)ccc2CC3)CC1. The largest absolute Gasteiger partial charge is 0.481 e. The van der Waals surface area contributed by atoms with Crippen LogP contribution in [-0.2, 0) is 17.8 Å². The maximum atomic E-state index is 13.8. The number of hydrogen-bond acceptors (Lipinski definition) is 3. The average Bonchev–Trinajstić information content (AvgIpc) is 2.84. The number of aromatic nitrogens is 1. The van der Waals surface area contributed by atoms with Crippen LogP contribution >= 0.6 is 11.6 Å². The third-order valence-electron chi connectivity index (χ3n) is 6.67. The summed E-state index contributed by atoms with van der Waals surface area (Å²) < 4.78 is 1.69. The van der Waals surface area contributed by atoms with Crippen molar-refractivity contribution in [2.75, 3.05) is 13.1 Å². The lowest BCUT2D eigenvalue weighted by atomic mass is 9.91. The van der Waals surface area contributed by atoms with Crippen molar-refractivity contribution >= 4 is 23.5 Å². The first-order chi connectivity index (χ1) is 15.9. The number of nitrogens with zero attached hydrogens (tertiary/aromatic N) is 2. The molecule has 5 rings (SSSR count). The lowest BCUT2D eigenvalue weighted by Gasteiger charge is -2.32. The smallest absolute Gasteiger partial charge is 0.306 e. The topological polar surface area (TPSA) is 79.6 Å². The molecule has 0 bridgehead atoms. The Morgan fingerprint density at radius 2 is 1.67 bits per heavy atom. The van der Waals surface area contributed by atoms with Crippen LogP contribution in [0.4, 0.5) is 0 Å². The maximum Gasteiger partial charge on any atom is 0.306 e. The van der Waals surface area contributed by atoms with Crippen LogP contribution in [0.1, 0.15) is 28.8 Å². The number of piperidine rings is 1. The Kier molecular flexibility index (Phi) is 5.54. The zero-order chi connectivity index (χ0) is 23.1. The molecule has 1 fully saturated rings. The Morgan fingerprint density at radius 3 is 2.36 bits per heavy atom. The molecule has 0 spiro atoms. The zero-order valence-electron chi connectivity index (χ0n) is 18.0. The van der Waals surface area contributed by atoms with E-state index in [-0.39, 0.29) is 11.5 Å². The van der Waals surface area contributed by atoms with Crippen LogP contribution in [0.5, 0.6) is 0 Å². The van der Waals surface area contributed by atoms with Gasteiger partial charge in [0, 0.05) is 35.8 Å². The molecular formula is C26H23ClN2O4. The fourth-order valence-corrected chi connectivity index (χ4v) is 5.05. The van der Waals surface area contributed by atoms with Gasteiger partial charge in [0.2, 0.25) is 0 Å². The molecular weight excluding hydrogens is 440 g/mol. The van der Waals surface area contributed by atoms with Crippen LogP contribution in [-0.4, -0.2) is 39.5 Å². The van der Waals surface area contributed by atoms with Crippen molar-refractivity contribution in [2.24, 2.45) is 5.92 Å². The highest BCUT2D eigenvalue weighted by Crippen LogP contribution is 2.35. The number of carbonyl (C=O) groups is 2. The fraction of sp³-hybridized carbons (Fsp3) is 0.269. The van der Waals surface area contributed by atoms with Crippen molar-refractivity contribution in [3.05, 3.63) is 81.1 Å². The van der Waals surface area contributed by atoms with E-state index < -0.39 is 11.9 Å². The molecule has 6 nitrogen and oxygen atoms in total. The van der Waals surface area contributed by atoms with E-state index >= 15 is 0 Å². The number of halogens is 1. The summed E-state index contributed by atoms with van der Waals surface area (Å²) in [5, 5.41) is 9.86. The van der Waals surface area contributed by atoms with Crippen molar-refractivity contribution in [1.82, 2.24) is 9.47 Å². The summed E-state index contributed by atoms with van der Waals surface area (Å²) in [7, 11) is 0. The lowest BCUT2D eigenvalue weighted by molar-refractivity contribution is -0.143. The van der Waals surface area contributed by atoms with Gasteiger partial charge in [-0.3, -0.25) is 14.4 Å². The molecule has 2 aromatic carbocycles. The molecule has 0 saturated carbocycles. The highest BCUT2D eigenvalue weighted by molar-refractivity contribution is 6.31. The molecule has 1 aromatic heterocycles. The Balaban J connectivity index is 1.67. The monoisotopic (exact) mass is 462 g/mol. The van der Waals surface area contributed by atoms with Gasteiger partial charge in [0.25, 0.3) is 11.5 Å². The van der Waals surface area contributed by atoms with Crippen LogP contribution in [0.2, 0.25) is 5.02 Å². The fourth-order valence-electron chi connectivity index (χ4n) is 4.88. The third kappa shape index (κ3) is 3.85. The van der Waals surface area contributed by atoms with E-state index in [1.165, 1.54) is 0 Å². The highest BCUT2D eigenvalue weighted by Gasteiger charge is 2.32. The number of carboxylic acids is 1. The molecule has 0 radical (unpaired) electrons. The minimum Gasteiger partial charge on any atom is -0.481 e. The molecule has 1 saturated heterocycles. The molecule has 1 N–H and O–H groups in total. The number of fused-ring (bicyclic) bond motifs is 3. The Labute approximate surface area is 196 Å². The molecule has 168 valence electrons. The number of carbonyl (C=O) groups excluding carboxylic acids is 1. The summed E-state index contributed by atoms with van der Waals surface area (Å²) in [4.78, 5) is 40.3. The van der Waals surface area contributed by atoms with Gasteiger partial charge in [-0.05, 0) is 48.6 Å². The predicted molar refractivity (Wildman–Crippen MR) is 127 cm³/mol. The lowest BCUT2D eigenvalue weighted by Crippen LogP contribution is -2.41. The van der Waals surface area contributed by atoms with Gasteiger partial charge < -0.3 is 14.6 Å². The van der Waals surface area contributed by atoms with E-state index in [9.17, 15) is 19.5 Å². The molecule has 2 aliphatic heterocycles. The van der Waals surface area contributed by atoms with Crippen LogP contribution < -0.4 is 5.56 Å². The Bertz CT molecular complexity index is 1310. The van der Waals surface area contributed by atoms with E-state index in [1.807, 2.05) is 48.5 Å². The van der Waals surface area contributed by atoms with E-state index in [4.69, 9.17) is 11.6 Å². The Morgan fingerprint density at radius 1 is 0.939 bits per heavy atom. The van der Waals surface area contributed by atoms with Crippen molar-refractivity contribution in [3.8, 4) is 22.4 Å². The number of aryl methyl sites for hydroxylation is 1. The second-order valence-corrected chi connectivity index (χ2v) is 9.04. The van der Waals surface area contributed by atoms with Gasteiger partial charge >= 0.3 is 5.97 Å². The average molecular weight is 463 g/mol. The summed E-state index contributed by atoms with van der Waals surface area (Å²) in [5.74, 6) is -1.44. The number of pyridine rings is 1. The number of likely N-dealkylation sites (tertiary alicyclic amines) is 1. The molecule has 3 aromatic rings. The van der Waals surface area contributed by atoms with Gasteiger partial charge in [-0.15, -0.1) is 0 Å². The van der Waals surface area contributed by atoms with Gasteiger partial charge in [-0.25, -0.2) is 0 Å². The van der Waals surface area contributed by atoms with Gasteiger partial charge in [-0.1, -0.05) is 48.0 Å². The molecule has 0 unspecified atom stereocenters. The van der Waals surface area contributed by atoms with Crippen molar-refractivity contribution in [3.63, 3.8) is 0 Å². The second kappa shape index (κ2) is 8.52. The van der Waals surface area contributed by atoms with Crippen LogP contribution in [0.3, 0.4) is 0 Å². The van der Waals surface area contributed by atoms with Gasteiger partial charge in [0.15, 0.2) is 0 Å². The summed E-state index contributed by atoms with van der Waals surface area (Å²) in [6.07, 6.45) is 1.52. The van der Waals surface area contributed by atoms with Crippen molar-refractivity contribution < 1.29 is 14.7 Å². The van der Waals surface area contributed by atoms with E-state index in [0.29, 0.717) is 60.7 Å². The molecule has 0 aliphatic carbocycles. The van der Waals surface area contributed by atoms with E-state index in [1.54, 1.807) is 15.5 Å². The standard InChI is InChI=1S/C26H23ClN2O4/c27-19-7-6-17-10-13-29-23(20(17)14-19)22(15-21(25(29)31)16-4-2-1-3-5-16)24(30)28-11-8-18(9-12-28)26(32)33/h1-7,14-15,18H,8-13H2,(H,32,33). The minimum absolute atomic E-state index is 0.136. The number of hydrogen-bond donors (Lipinski definition) is 1. The first-order valence-electron chi connectivity index (χ1n) is 11.1. The van der Waals surface area contributed by atoms with Crippen molar-refractivity contribution in [1.29, 1.82) is 0 Å². The first-order valence-corrected chi connectivity index (χ1v) is 11.5. The first kappa shape index (κ1) is 21.5. The third-order valence-corrected chi connectivity index (χ3v) is 6.90. The van der Waals surface area contributed by atoms with Crippen LogP contribution in [0.25, 0.3) is 22.4 Å². The summed E-state index contributed by atoms with van der Waals surface area (Å²) in [6, 6.07) is 16.6. The van der Waals surface area contributed by atoms with E-state index in [0.717, 1.165) is 16.7 Å². The normalized spacial score (nSPS) is 15.6. The van der Waals surface area contributed by atoms with Crippen molar-refractivity contribution in [2.45, 2.75) is 25.8 Å². The maximum absolute atomic E-state index is 13.8. The summed E-state index contributed by atoms with van der Waals surface area (Å²) in [6.45, 7) is 1.22. The molecule has 0 atom stereocenters. The number of rotatable bonds is 3. The number of amides is 1. The van der Waals surface area contributed by atoms with Crippen LogP contribution in [0.15, 0.2) is 59.4 Å². The molecule has 1 amide bonds. The molecule has 7 heteroatoms. The predicted octanol–water partition coefficient (Wildman–Crippen LogP) is 4.33. The number of carboxylic acid groups (broad SMARTS) is 1. The molecule has 2 aliphatic rings. The highest BCUT2D eigenvalue weighted by atomic mass is 35.5. The molecule has 3 heterocycles. The van der Waals surface area contributed by atoms with Crippen LogP contribution in [0, 0.1) is 5.92 Å². The summed E-state index contributed by atoms with van der Waals surface area (Å²) in [5.41, 5.74) is 3.99. The second-order valence-electron chi connectivity index (χ2n) is 8.60. The van der Waals surface area contributed by atoms with Gasteiger partial charge in [0.05, 0.1) is 17.2 Å². The number of aliphatic carboxylic acids is 1.